The number of aliphatic hydroxyl groups excluding tert-OH is 1. The van der Waals surface area contributed by atoms with E-state index in [9.17, 15) is 14.7 Å². The van der Waals surface area contributed by atoms with Gasteiger partial charge in [0.25, 0.3) is 0 Å². The van der Waals surface area contributed by atoms with Crippen molar-refractivity contribution in [1.82, 2.24) is 9.97 Å². The molecule has 10 nitrogen and oxygen atoms in total. The lowest BCUT2D eigenvalue weighted by atomic mass is 10.0. The van der Waals surface area contributed by atoms with Crippen molar-refractivity contribution in [2.75, 3.05) is 22.1 Å². The molecule has 5 N–H and O–H groups in total. The highest BCUT2D eigenvalue weighted by Crippen LogP contribution is 2.39. The molecule has 1 aliphatic rings. The van der Waals surface area contributed by atoms with Gasteiger partial charge in [-0.25, -0.2) is 9.97 Å². The number of anilines is 3. The van der Waals surface area contributed by atoms with E-state index in [2.05, 4.69) is 20.6 Å². The Labute approximate surface area is 273 Å². The predicted molar refractivity (Wildman–Crippen MR) is 179 cm³/mol. The maximum absolute atomic E-state index is 12.6. The number of unbranched alkanes of at least 4 members (excludes halogenated alkanes) is 2. The number of nitrogens with two attached hydrogens (primary N) is 1. The summed E-state index contributed by atoms with van der Waals surface area (Å²) in [6, 6.07) is 24.2. The Morgan fingerprint density at radius 2 is 1.50 bits per heavy atom. The molecule has 1 fully saturated rings. The Kier molecular flexibility index (Phi) is 12.1. The highest BCUT2D eigenvalue weighted by Gasteiger charge is 2.32. The molecule has 2 heterocycles. The third kappa shape index (κ3) is 9.85. The van der Waals surface area contributed by atoms with Gasteiger partial charge in [0.15, 0.2) is 11.4 Å². The van der Waals surface area contributed by atoms with Crippen molar-refractivity contribution >= 4 is 40.6 Å². The second-order valence-corrected chi connectivity index (χ2v) is 12.0. The van der Waals surface area contributed by atoms with Crippen LogP contribution in [0.15, 0.2) is 96.4 Å². The maximum atomic E-state index is 12.6. The van der Waals surface area contributed by atoms with Crippen molar-refractivity contribution in [3.05, 3.63) is 108 Å². The lowest BCUT2D eigenvalue weighted by Gasteiger charge is -2.36. The second-order valence-electron chi connectivity index (χ2n) is 11.1. The van der Waals surface area contributed by atoms with E-state index in [0.717, 1.165) is 23.1 Å². The van der Waals surface area contributed by atoms with Crippen LogP contribution in [0.3, 0.4) is 0 Å². The van der Waals surface area contributed by atoms with E-state index in [4.69, 9.17) is 15.2 Å². The molecule has 240 valence electrons. The van der Waals surface area contributed by atoms with Crippen molar-refractivity contribution in [3.63, 3.8) is 0 Å². The molecule has 0 aliphatic carbocycles. The summed E-state index contributed by atoms with van der Waals surface area (Å²) >= 11 is 1.54. The normalized spacial score (nSPS) is 17.7. The van der Waals surface area contributed by atoms with E-state index in [-0.39, 0.29) is 30.6 Å². The van der Waals surface area contributed by atoms with Gasteiger partial charge >= 0.3 is 0 Å². The Morgan fingerprint density at radius 1 is 0.826 bits per heavy atom. The summed E-state index contributed by atoms with van der Waals surface area (Å²) in [6.45, 7) is -0.0130. The largest absolute Gasteiger partial charge is 0.397 e. The Bertz CT molecular complexity index is 1560. The minimum Gasteiger partial charge on any atom is -0.397 e. The quantitative estimate of drug-likeness (QED) is 0.0530. The minimum absolute atomic E-state index is 0.0130. The van der Waals surface area contributed by atoms with E-state index in [1.807, 2.05) is 60.7 Å². The molecule has 2 amide bonds. The van der Waals surface area contributed by atoms with Crippen molar-refractivity contribution < 1.29 is 24.2 Å². The van der Waals surface area contributed by atoms with Crippen LogP contribution in [0.4, 0.5) is 17.1 Å². The minimum atomic E-state index is -0.598. The Hall–Kier alpha value is -4.29. The number of aliphatic hydroxyl groups is 1. The van der Waals surface area contributed by atoms with Crippen molar-refractivity contribution in [3.8, 4) is 0 Å². The zero-order chi connectivity index (χ0) is 32.1. The molecular formula is C35H39N5O5S. The van der Waals surface area contributed by atoms with Gasteiger partial charge in [0.2, 0.25) is 11.8 Å². The highest BCUT2D eigenvalue weighted by molar-refractivity contribution is 7.99. The maximum Gasteiger partial charge on any atom is 0.224 e. The molecule has 0 radical (unpaired) electrons. The van der Waals surface area contributed by atoms with Crippen LogP contribution in [0.1, 0.15) is 67.6 Å². The number of ether oxygens (including phenoxy) is 2. The van der Waals surface area contributed by atoms with Crippen LogP contribution in [0.25, 0.3) is 0 Å². The standard InChI is InChI=1S/C35H39N5O5S/c36-29-7-4-5-8-30(29)40-33(43)10-3-1-2-9-32(42)39-27-17-15-26(16-18-27)34-44-28(23-46-35-37-19-6-20-38-35)21-31(45-34)25-13-11-24(22-41)12-14-25/h4-8,11-20,28,31,34,41H,1-3,9-10,21-23,36H2,(H,39,42)(H,40,43)/t28-,31+,34+/m0/s1. The molecule has 4 aromatic rings. The van der Waals surface area contributed by atoms with Crippen LogP contribution in [-0.4, -0.2) is 38.7 Å². The topological polar surface area (TPSA) is 149 Å². The lowest BCUT2D eigenvalue weighted by Crippen LogP contribution is -2.31. The molecule has 3 aromatic carbocycles. The summed E-state index contributed by atoms with van der Waals surface area (Å²) < 4.78 is 12.8. The molecule has 1 aromatic heterocycles. The molecule has 0 bridgehead atoms. The SMILES string of the molecule is Nc1ccccc1NC(=O)CCCCCC(=O)Nc1ccc([C@@H]2O[C@H](CSc3ncccn3)C[C@H](c3ccc(CO)cc3)O2)cc1. The number of carbonyl (C=O) groups excluding carboxylic acids is 2. The van der Waals surface area contributed by atoms with Crippen LogP contribution in [0.2, 0.25) is 0 Å². The second kappa shape index (κ2) is 16.9. The third-order valence-corrected chi connectivity index (χ3v) is 8.57. The van der Waals surface area contributed by atoms with Crippen LogP contribution in [0.5, 0.6) is 0 Å². The van der Waals surface area contributed by atoms with Crippen LogP contribution in [-0.2, 0) is 25.7 Å². The Balaban J connectivity index is 1.10. The summed E-state index contributed by atoms with van der Waals surface area (Å²) in [5, 5.41) is 15.9. The van der Waals surface area contributed by atoms with Crippen molar-refractivity contribution in [2.24, 2.45) is 0 Å². The predicted octanol–water partition coefficient (Wildman–Crippen LogP) is 6.42. The first-order valence-corrected chi connectivity index (χ1v) is 16.4. The van der Waals surface area contributed by atoms with Gasteiger partial charge in [-0.05, 0) is 54.3 Å². The third-order valence-electron chi connectivity index (χ3n) is 7.56. The van der Waals surface area contributed by atoms with Crippen molar-refractivity contribution in [2.45, 2.75) is 68.8 Å². The molecule has 0 unspecified atom stereocenters. The fourth-order valence-corrected chi connectivity index (χ4v) is 5.89. The molecule has 0 saturated carbocycles. The number of aromatic nitrogens is 2. The molecule has 5 rings (SSSR count). The number of nitrogens with zero attached hydrogens (tertiary/aromatic N) is 2. The van der Waals surface area contributed by atoms with E-state index in [1.165, 1.54) is 0 Å². The zero-order valence-electron chi connectivity index (χ0n) is 25.5. The highest BCUT2D eigenvalue weighted by atomic mass is 32.2. The van der Waals surface area contributed by atoms with E-state index in [0.29, 0.717) is 60.1 Å². The number of hydrogen-bond acceptors (Lipinski definition) is 9. The first-order valence-electron chi connectivity index (χ1n) is 15.4. The first-order chi connectivity index (χ1) is 22.5. The fraction of sp³-hybridized carbons (Fsp3) is 0.314. The smallest absolute Gasteiger partial charge is 0.224 e. The van der Waals surface area contributed by atoms with Gasteiger partial charge in [-0.2, -0.15) is 0 Å². The Morgan fingerprint density at radius 3 is 2.20 bits per heavy atom. The van der Waals surface area contributed by atoms with E-state index >= 15 is 0 Å². The number of thioether (sulfide) groups is 1. The zero-order valence-corrected chi connectivity index (χ0v) is 26.3. The molecule has 11 heteroatoms. The number of nitrogen functional groups attached to an aromatic ring is 1. The van der Waals surface area contributed by atoms with E-state index < -0.39 is 6.29 Å². The number of para-hydroxylation sites is 2. The monoisotopic (exact) mass is 641 g/mol. The average molecular weight is 642 g/mol. The van der Waals surface area contributed by atoms with Crippen LogP contribution >= 0.6 is 11.8 Å². The van der Waals surface area contributed by atoms with Gasteiger partial charge in [0, 0.05) is 48.7 Å². The fourth-order valence-electron chi connectivity index (χ4n) is 5.07. The van der Waals surface area contributed by atoms with Crippen LogP contribution in [0, 0.1) is 0 Å². The molecule has 1 saturated heterocycles. The number of benzene rings is 3. The van der Waals surface area contributed by atoms with Gasteiger partial charge in [-0.15, -0.1) is 0 Å². The molecule has 1 aliphatic heterocycles. The molecular weight excluding hydrogens is 602 g/mol. The van der Waals surface area contributed by atoms with Gasteiger partial charge < -0.3 is 30.9 Å². The first kappa shape index (κ1) is 33.1. The number of carbonyl (C=O) groups is 2. The molecule has 46 heavy (non-hydrogen) atoms. The number of rotatable bonds is 14. The lowest BCUT2D eigenvalue weighted by molar-refractivity contribution is -0.245. The molecule has 0 spiro atoms. The van der Waals surface area contributed by atoms with Crippen molar-refractivity contribution in [1.29, 1.82) is 0 Å². The number of nitrogens with one attached hydrogen (secondary N) is 2. The van der Waals surface area contributed by atoms with Crippen LogP contribution < -0.4 is 16.4 Å². The summed E-state index contributed by atoms with van der Waals surface area (Å²) in [5.74, 6) is 0.496. The molecule has 3 atom stereocenters. The van der Waals surface area contributed by atoms with Gasteiger partial charge in [0.05, 0.1) is 30.2 Å². The summed E-state index contributed by atoms with van der Waals surface area (Å²) in [7, 11) is 0. The van der Waals surface area contributed by atoms with Gasteiger partial charge in [0.1, 0.15) is 0 Å². The summed E-state index contributed by atoms with van der Waals surface area (Å²) in [5.41, 5.74) is 10.4. The number of amides is 2. The average Bonchev–Trinajstić information content (AvgIpc) is 3.09. The summed E-state index contributed by atoms with van der Waals surface area (Å²) in [4.78, 5) is 33.4. The number of hydrogen-bond donors (Lipinski definition) is 4. The van der Waals surface area contributed by atoms with E-state index in [1.54, 1.807) is 42.4 Å². The van der Waals surface area contributed by atoms with Gasteiger partial charge in [-0.1, -0.05) is 66.7 Å². The van der Waals surface area contributed by atoms with Gasteiger partial charge in [-0.3, -0.25) is 9.59 Å². The summed E-state index contributed by atoms with van der Waals surface area (Å²) in [6.07, 6.45) is 6.07.